The molecule has 3 rings (SSSR count). The van der Waals surface area contributed by atoms with Crippen LogP contribution in [0.15, 0.2) is 30.3 Å². The van der Waals surface area contributed by atoms with Crippen molar-refractivity contribution in [2.24, 2.45) is 5.73 Å². The topological polar surface area (TPSA) is 95.1 Å². The van der Waals surface area contributed by atoms with Gasteiger partial charge in [-0.05, 0) is 31.2 Å². The Morgan fingerprint density at radius 2 is 2.11 bits per heavy atom. The van der Waals surface area contributed by atoms with Crippen molar-refractivity contribution in [1.82, 2.24) is 20.1 Å². The summed E-state index contributed by atoms with van der Waals surface area (Å²) in [6.07, 6.45) is 3.92. The third kappa shape index (κ3) is 5.17. The van der Waals surface area contributed by atoms with Crippen molar-refractivity contribution in [3.05, 3.63) is 47.5 Å². The number of amides is 1. The molecule has 1 aromatic carbocycles. The number of nitrogens with two attached hydrogens (primary N) is 1. The zero-order valence-corrected chi connectivity index (χ0v) is 16.8. The van der Waals surface area contributed by atoms with Crippen molar-refractivity contribution in [3.8, 4) is 0 Å². The molecular weight excluding hydrogens is 354 g/mol. The van der Waals surface area contributed by atoms with Gasteiger partial charge in [0, 0.05) is 25.6 Å². The number of likely N-dealkylation sites (N-methyl/N-ethyl adjacent to an activating group) is 1. The highest BCUT2D eigenvalue weighted by molar-refractivity contribution is 5.77. The van der Waals surface area contributed by atoms with E-state index in [1.54, 1.807) is 7.05 Å². The van der Waals surface area contributed by atoms with Gasteiger partial charge in [-0.3, -0.25) is 4.79 Å². The van der Waals surface area contributed by atoms with Crippen LogP contribution in [0.25, 0.3) is 0 Å². The Hall–Kier alpha value is -2.25. The second kappa shape index (κ2) is 9.80. The van der Waals surface area contributed by atoms with Crippen LogP contribution in [0.4, 0.5) is 0 Å². The van der Waals surface area contributed by atoms with Crippen molar-refractivity contribution in [1.29, 1.82) is 0 Å². The molecule has 0 aliphatic heterocycles. The van der Waals surface area contributed by atoms with Crippen LogP contribution in [-0.4, -0.2) is 46.5 Å². The van der Waals surface area contributed by atoms with E-state index in [4.69, 9.17) is 15.5 Å². The van der Waals surface area contributed by atoms with Gasteiger partial charge in [0.05, 0.1) is 19.1 Å². The lowest BCUT2D eigenvalue weighted by atomic mass is 9.83. The minimum absolute atomic E-state index is 0.0444. The second-order valence-corrected chi connectivity index (χ2v) is 7.46. The van der Waals surface area contributed by atoms with Crippen molar-refractivity contribution < 1.29 is 9.53 Å². The Labute approximate surface area is 166 Å². The standard InChI is InChI=1S/C21H31N5O2/c1-3-11-28-18-12-16(9-10-17(18)22)21-24-19(13-20(27)23-2)25-26(21)14-15-7-5-4-6-8-15/h4-8,16-18H,3,9-14,22H2,1-2H3,(H,23,27)/t16-,17-,18-/m0/s1. The minimum atomic E-state index is -0.0850. The fourth-order valence-corrected chi connectivity index (χ4v) is 3.73. The molecule has 0 radical (unpaired) electrons. The number of hydrogen-bond donors (Lipinski definition) is 2. The quantitative estimate of drug-likeness (QED) is 0.725. The second-order valence-electron chi connectivity index (χ2n) is 7.46. The summed E-state index contributed by atoms with van der Waals surface area (Å²) in [5, 5.41) is 7.29. The van der Waals surface area contributed by atoms with E-state index in [1.807, 2.05) is 22.9 Å². The van der Waals surface area contributed by atoms with Gasteiger partial charge in [-0.25, -0.2) is 9.67 Å². The maximum Gasteiger partial charge on any atom is 0.227 e. The van der Waals surface area contributed by atoms with Crippen LogP contribution in [-0.2, 0) is 22.5 Å². The van der Waals surface area contributed by atoms with Gasteiger partial charge in [0.1, 0.15) is 5.82 Å². The Kier molecular flexibility index (Phi) is 7.17. The first-order chi connectivity index (χ1) is 13.6. The van der Waals surface area contributed by atoms with Crippen LogP contribution >= 0.6 is 0 Å². The number of ether oxygens (including phenoxy) is 1. The number of nitrogens with one attached hydrogen (secondary N) is 1. The van der Waals surface area contributed by atoms with E-state index >= 15 is 0 Å². The Morgan fingerprint density at radius 1 is 1.32 bits per heavy atom. The monoisotopic (exact) mass is 385 g/mol. The summed E-state index contributed by atoms with van der Waals surface area (Å²) in [5.41, 5.74) is 7.45. The van der Waals surface area contributed by atoms with E-state index < -0.39 is 0 Å². The molecule has 1 aromatic heterocycles. The number of rotatable bonds is 8. The van der Waals surface area contributed by atoms with Gasteiger partial charge in [0.15, 0.2) is 5.82 Å². The van der Waals surface area contributed by atoms with Crippen molar-refractivity contribution >= 4 is 5.91 Å². The number of nitrogens with zero attached hydrogens (tertiary/aromatic N) is 3. The largest absolute Gasteiger partial charge is 0.377 e. The molecule has 1 aliphatic rings. The van der Waals surface area contributed by atoms with E-state index in [0.717, 1.165) is 43.7 Å². The van der Waals surface area contributed by atoms with E-state index in [2.05, 4.69) is 29.5 Å². The zero-order chi connectivity index (χ0) is 19.9. The normalized spacial score (nSPS) is 22.2. The molecule has 1 aliphatic carbocycles. The van der Waals surface area contributed by atoms with E-state index in [9.17, 15) is 4.79 Å². The minimum Gasteiger partial charge on any atom is -0.377 e. The van der Waals surface area contributed by atoms with Crippen LogP contribution in [0.5, 0.6) is 0 Å². The van der Waals surface area contributed by atoms with Gasteiger partial charge >= 0.3 is 0 Å². The van der Waals surface area contributed by atoms with Crippen molar-refractivity contribution in [3.63, 3.8) is 0 Å². The molecule has 1 amide bonds. The SMILES string of the molecule is CCCO[C@H]1C[C@@H](c2nc(CC(=O)NC)nn2Cc2ccccc2)CC[C@@H]1N. The fraction of sp³-hybridized carbons (Fsp3) is 0.571. The molecule has 0 unspecified atom stereocenters. The summed E-state index contributed by atoms with van der Waals surface area (Å²) in [4.78, 5) is 16.6. The summed E-state index contributed by atoms with van der Waals surface area (Å²) < 4.78 is 7.95. The zero-order valence-electron chi connectivity index (χ0n) is 16.8. The molecule has 2 aromatic rings. The summed E-state index contributed by atoms with van der Waals surface area (Å²) in [5.74, 6) is 1.64. The van der Waals surface area contributed by atoms with E-state index in [0.29, 0.717) is 12.4 Å². The lowest BCUT2D eigenvalue weighted by molar-refractivity contribution is -0.120. The predicted octanol–water partition coefficient (Wildman–Crippen LogP) is 2.00. The summed E-state index contributed by atoms with van der Waals surface area (Å²) in [6.45, 7) is 3.47. The molecule has 0 spiro atoms. The van der Waals surface area contributed by atoms with Gasteiger partial charge in [-0.1, -0.05) is 37.3 Å². The van der Waals surface area contributed by atoms with Gasteiger partial charge in [0.25, 0.3) is 0 Å². The van der Waals surface area contributed by atoms with Crippen LogP contribution in [0.3, 0.4) is 0 Å². The highest BCUT2D eigenvalue weighted by atomic mass is 16.5. The first-order valence-corrected chi connectivity index (χ1v) is 10.2. The van der Waals surface area contributed by atoms with Gasteiger partial charge in [-0.2, -0.15) is 5.10 Å². The molecule has 1 saturated carbocycles. The molecular formula is C21H31N5O2. The van der Waals surface area contributed by atoms with E-state index in [1.165, 1.54) is 0 Å². The molecule has 3 atom stereocenters. The molecule has 28 heavy (non-hydrogen) atoms. The molecule has 1 heterocycles. The van der Waals surface area contributed by atoms with Gasteiger partial charge in [0.2, 0.25) is 5.91 Å². The van der Waals surface area contributed by atoms with E-state index in [-0.39, 0.29) is 30.4 Å². The van der Waals surface area contributed by atoms with Crippen molar-refractivity contribution in [2.45, 2.75) is 63.6 Å². The number of carbonyl (C=O) groups is 1. The predicted molar refractivity (Wildman–Crippen MR) is 108 cm³/mol. The average molecular weight is 386 g/mol. The third-order valence-electron chi connectivity index (χ3n) is 5.26. The Balaban J connectivity index is 1.83. The maximum absolute atomic E-state index is 11.8. The smallest absolute Gasteiger partial charge is 0.227 e. The van der Waals surface area contributed by atoms with Crippen LogP contribution < -0.4 is 11.1 Å². The molecule has 7 heteroatoms. The number of benzene rings is 1. The highest BCUT2D eigenvalue weighted by Crippen LogP contribution is 2.33. The molecule has 3 N–H and O–H groups in total. The highest BCUT2D eigenvalue weighted by Gasteiger charge is 2.32. The average Bonchev–Trinajstić information content (AvgIpc) is 3.10. The lowest BCUT2D eigenvalue weighted by Crippen LogP contribution is -2.42. The van der Waals surface area contributed by atoms with Crippen LogP contribution in [0.1, 0.15) is 55.7 Å². The Bertz CT molecular complexity index is 761. The van der Waals surface area contributed by atoms with Gasteiger partial charge in [-0.15, -0.1) is 0 Å². The molecule has 7 nitrogen and oxygen atoms in total. The van der Waals surface area contributed by atoms with Crippen molar-refractivity contribution in [2.75, 3.05) is 13.7 Å². The third-order valence-corrected chi connectivity index (χ3v) is 5.26. The first-order valence-electron chi connectivity index (χ1n) is 10.2. The van der Waals surface area contributed by atoms with Crippen LogP contribution in [0, 0.1) is 0 Å². The maximum atomic E-state index is 11.8. The first kappa shape index (κ1) is 20.5. The molecule has 152 valence electrons. The number of hydrogen-bond acceptors (Lipinski definition) is 5. The molecule has 1 fully saturated rings. The Morgan fingerprint density at radius 3 is 2.82 bits per heavy atom. The van der Waals surface area contributed by atoms with Crippen LogP contribution in [0.2, 0.25) is 0 Å². The fourth-order valence-electron chi connectivity index (χ4n) is 3.73. The summed E-state index contributed by atoms with van der Waals surface area (Å²) in [7, 11) is 1.63. The summed E-state index contributed by atoms with van der Waals surface area (Å²) in [6, 6.07) is 10.3. The molecule has 0 bridgehead atoms. The lowest BCUT2D eigenvalue weighted by Gasteiger charge is -2.33. The number of aromatic nitrogens is 3. The summed E-state index contributed by atoms with van der Waals surface area (Å²) >= 11 is 0. The molecule has 0 saturated heterocycles. The van der Waals surface area contributed by atoms with Gasteiger partial charge < -0.3 is 15.8 Å². The number of carbonyl (C=O) groups excluding carboxylic acids is 1.